The lowest BCUT2D eigenvalue weighted by molar-refractivity contribution is 0.364. The summed E-state index contributed by atoms with van der Waals surface area (Å²) in [6.45, 7) is 6.68. The fourth-order valence-corrected chi connectivity index (χ4v) is 0.785. The summed E-state index contributed by atoms with van der Waals surface area (Å²) in [6.07, 6.45) is 0.656. The Morgan fingerprint density at radius 1 is 1.38 bits per heavy atom. The van der Waals surface area contributed by atoms with Crippen LogP contribution in [0.3, 0.4) is 0 Å². The average Bonchev–Trinajstić information content (AvgIpc) is 2.35. The maximum absolute atomic E-state index is 5.35. The van der Waals surface area contributed by atoms with Gasteiger partial charge in [0.2, 0.25) is 5.89 Å². The summed E-state index contributed by atoms with van der Waals surface area (Å²) in [7, 11) is 0. The van der Waals surface area contributed by atoms with E-state index in [1.165, 1.54) is 0 Å². The molecule has 0 bridgehead atoms. The minimum atomic E-state index is -0.0453. The average molecular weight is 206 g/mol. The van der Waals surface area contributed by atoms with Crippen molar-refractivity contribution < 1.29 is 4.52 Å². The van der Waals surface area contributed by atoms with Gasteiger partial charge in [-0.3, -0.25) is 0 Å². The number of hydrogen-bond donors (Lipinski definition) is 1. The van der Waals surface area contributed by atoms with Crippen LogP contribution in [0.4, 0.5) is 0 Å². The molecule has 0 saturated heterocycles. The van der Waals surface area contributed by atoms with Crippen LogP contribution < -0.4 is 5.73 Å². The molecule has 0 aliphatic carbocycles. The molecule has 1 aromatic rings. The van der Waals surface area contributed by atoms with Crippen LogP contribution in [0.25, 0.3) is 0 Å². The molecule has 0 saturated carbocycles. The third-order valence-electron chi connectivity index (χ3n) is 1.50. The molecule has 76 valence electrons. The standard InChI is InChI=1S/C8H15N3O.ClH/c1-8(2,3)7-10-6(4-5-9)12-11-7;/h4-5,9H2,1-3H3;1H. The van der Waals surface area contributed by atoms with Gasteiger partial charge in [-0.25, -0.2) is 0 Å². The molecule has 1 rings (SSSR count). The molecule has 4 nitrogen and oxygen atoms in total. The predicted octanol–water partition coefficient (Wildman–Crippen LogP) is 1.29. The summed E-state index contributed by atoms with van der Waals surface area (Å²) in [4.78, 5) is 4.21. The van der Waals surface area contributed by atoms with Crippen molar-refractivity contribution in [2.45, 2.75) is 32.6 Å². The normalized spacial score (nSPS) is 11.1. The van der Waals surface area contributed by atoms with E-state index in [2.05, 4.69) is 10.1 Å². The van der Waals surface area contributed by atoms with Crippen molar-refractivity contribution in [1.82, 2.24) is 10.1 Å². The quantitative estimate of drug-likeness (QED) is 0.790. The van der Waals surface area contributed by atoms with Crippen LogP contribution in [0.2, 0.25) is 0 Å². The molecular weight excluding hydrogens is 190 g/mol. The highest BCUT2D eigenvalue weighted by atomic mass is 35.5. The lowest BCUT2D eigenvalue weighted by Crippen LogP contribution is -2.13. The first-order valence-electron chi connectivity index (χ1n) is 4.07. The van der Waals surface area contributed by atoms with Crippen molar-refractivity contribution in [1.29, 1.82) is 0 Å². The SMILES string of the molecule is CC(C)(C)c1noc(CCN)n1.Cl. The number of aromatic nitrogens is 2. The first kappa shape index (κ1) is 12.4. The van der Waals surface area contributed by atoms with Gasteiger partial charge in [0.05, 0.1) is 0 Å². The van der Waals surface area contributed by atoms with E-state index in [9.17, 15) is 0 Å². The van der Waals surface area contributed by atoms with Gasteiger partial charge >= 0.3 is 0 Å². The maximum Gasteiger partial charge on any atom is 0.227 e. The summed E-state index contributed by atoms with van der Waals surface area (Å²) < 4.78 is 4.99. The van der Waals surface area contributed by atoms with Gasteiger partial charge in [0.15, 0.2) is 5.82 Å². The van der Waals surface area contributed by atoms with Crippen molar-refractivity contribution in [2.75, 3.05) is 6.54 Å². The summed E-state index contributed by atoms with van der Waals surface area (Å²) in [5, 5.41) is 3.86. The summed E-state index contributed by atoms with van der Waals surface area (Å²) in [5.74, 6) is 1.37. The molecule has 0 aliphatic rings. The lowest BCUT2D eigenvalue weighted by Gasteiger charge is -2.10. The zero-order chi connectivity index (χ0) is 9.19. The number of rotatable bonds is 2. The number of halogens is 1. The summed E-state index contributed by atoms with van der Waals surface area (Å²) in [6, 6.07) is 0. The second-order valence-electron chi connectivity index (χ2n) is 3.80. The Hall–Kier alpha value is -0.610. The van der Waals surface area contributed by atoms with Crippen molar-refractivity contribution in [2.24, 2.45) is 5.73 Å². The van der Waals surface area contributed by atoms with Gasteiger partial charge < -0.3 is 10.3 Å². The third kappa shape index (κ3) is 3.32. The van der Waals surface area contributed by atoms with Crippen molar-refractivity contribution in [3.63, 3.8) is 0 Å². The Morgan fingerprint density at radius 3 is 2.38 bits per heavy atom. The van der Waals surface area contributed by atoms with Gasteiger partial charge in [-0.1, -0.05) is 25.9 Å². The van der Waals surface area contributed by atoms with Gasteiger partial charge in [0, 0.05) is 18.4 Å². The molecule has 13 heavy (non-hydrogen) atoms. The minimum Gasteiger partial charge on any atom is -0.339 e. The fraction of sp³-hybridized carbons (Fsp3) is 0.750. The van der Waals surface area contributed by atoms with Crippen LogP contribution in [0, 0.1) is 0 Å². The van der Waals surface area contributed by atoms with Gasteiger partial charge in [-0.2, -0.15) is 4.98 Å². The van der Waals surface area contributed by atoms with Crippen LogP contribution in [-0.2, 0) is 11.8 Å². The molecule has 0 unspecified atom stereocenters. The molecule has 0 amide bonds. The van der Waals surface area contributed by atoms with Crippen LogP contribution in [0.15, 0.2) is 4.52 Å². The Balaban J connectivity index is 0.00000144. The summed E-state index contributed by atoms with van der Waals surface area (Å²) >= 11 is 0. The zero-order valence-corrected chi connectivity index (χ0v) is 9.02. The highest BCUT2D eigenvalue weighted by Gasteiger charge is 2.20. The predicted molar refractivity (Wildman–Crippen MR) is 53.0 cm³/mol. The van der Waals surface area contributed by atoms with Gasteiger partial charge in [-0.05, 0) is 0 Å². The highest BCUT2D eigenvalue weighted by molar-refractivity contribution is 5.85. The van der Waals surface area contributed by atoms with E-state index in [4.69, 9.17) is 10.3 Å². The molecule has 0 radical (unpaired) electrons. The molecular formula is C8H16ClN3O. The van der Waals surface area contributed by atoms with E-state index in [-0.39, 0.29) is 17.8 Å². The van der Waals surface area contributed by atoms with Crippen molar-refractivity contribution in [3.05, 3.63) is 11.7 Å². The number of nitrogens with zero attached hydrogens (tertiary/aromatic N) is 2. The van der Waals surface area contributed by atoms with Gasteiger partial charge in [0.25, 0.3) is 0 Å². The van der Waals surface area contributed by atoms with E-state index >= 15 is 0 Å². The highest BCUT2D eigenvalue weighted by Crippen LogP contribution is 2.18. The maximum atomic E-state index is 5.35. The van der Waals surface area contributed by atoms with Crippen LogP contribution in [0.1, 0.15) is 32.5 Å². The zero-order valence-electron chi connectivity index (χ0n) is 8.20. The Bertz CT molecular complexity index is 254. The van der Waals surface area contributed by atoms with Crippen molar-refractivity contribution >= 4 is 12.4 Å². The van der Waals surface area contributed by atoms with Gasteiger partial charge in [0.1, 0.15) is 0 Å². The first-order chi connectivity index (χ1) is 5.54. The van der Waals surface area contributed by atoms with E-state index in [0.717, 1.165) is 5.82 Å². The van der Waals surface area contributed by atoms with Crippen LogP contribution in [-0.4, -0.2) is 16.7 Å². The summed E-state index contributed by atoms with van der Waals surface area (Å²) in [5.41, 5.74) is 5.31. The lowest BCUT2D eigenvalue weighted by atomic mass is 9.96. The number of nitrogens with two attached hydrogens (primary N) is 1. The molecule has 0 fully saturated rings. The third-order valence-corrected chi connectivity index (χ3v) is 1.50. The fourth-order valence-electron chi connectivity index (χ4n) is 0.785. The molecule has 0 aromatic carbocycles. The molecule has 2 N–H and O–H groups in total. The second kappa shape index (κ2) is 4.58. The first-order valence-corrected chi connectivity index (χ1v) is 4.07. The Kier molecular flexibility index (Phi) is 4.36. The van der Waals surface area contributed by atoms with Crippen LogP contribution >= 0.6 is 12.4 Å². The molecule has 0 spiro atoms. The monoisotopic (exact) mass is 205 g/mol. The Labute approximate surface area is 84.3 Å². The van der Waals surface area contributed by atoms with Crippen molar-refractivity contribution in [3.8, 4) is 0 Å². The Morgan fingerprint density at radius 2 is 2.00 bits per heavy atom. The number of hydrogen-bond acceptors (Lipinski definition) is 4. The van der Waals surface area contributed by atoms with E-state index < -0.39 is 0 Å². The second-order valence-corrected chi connectivity index (χ2v) is 3.80. The molecule has 5 heteroatoms. The molecule has 1 heterocycles. The molecule has 0 aliphatic heterocycles. The topological polar surface area (TPSA) is 64.9 Å². The van der Waals surface area contributed by atoms with Crippen LogP contribution in [0.5, 0.6) is 0 Å². The molecule has 1 aromatic heterocycles. The minimum absolute atomic E-state index is 0. The smallest absolute Gasteiger partial charge is 0.227 e. The van der Waals surface area contributed by atoms with Gasteiger partial charge in [-0.15, -0.1) is 12.4 Å². The van der Waals surface area contributed by atoms with E-state index in [1.807, 2.05) is 20.8 Å². The molecule has 0 atom stereocenters. The van der Waals surface area contributed by atoms with E-state index in [1.54, 1.807) is 0 Å². The van der Waals surface area contributed by atoms with E-state index in [0.29, 0.717) is 18.9 Å². The largest absolute Gasteiger partial charge is 0.339 e.